The Bertz CT molecular complexity index is 250. The number of aryl methyl sites for hydroxylation is 1. The molecule has 0 saturated heterocycles. The average Bonchev–Trinajstić information content (AvgIpc) is 2.58. The van der Waals surface area contributed by atoms with Crippen molar-refractivity contribution in [1.82, 2.24) is 15.0 Å². The molecule has 0 atom stereocenters. The molecule has 1 heterocycles. The molecule has 0 unspecified atom stereocenters. The van der Waals surface area contributed by atoms with Gasteiger partial charge in [0, 0.05) is 13.7 Å². The maximum atomic E-state index is 5.34. The van der Waals surface area contributed by atoms with Gasteiger partial charge < -0.3 is 9.47 Å². The lowest BCUT2D eigenvalue weighted by molar-refractivity contribution is 0.0397. The smallest absolute Gasteiger partial charge is 0.108 e. The van der Waals surface area contributed by atoms with Crippen molar-refractivity contribution in [3.8, 4) is 0 Å². The van der Waals surface area contributed by atoms with E-state index < -0.39 is 0 Å². The van der Waals surface area contributed by atoms with Crippen LogP contribution >= 0.6 is 0 Å². The zero-order valence-corrected chi connectivity index (χ0v) is 8.77. The van der Waals surface area contributed by atoms with Crippen LogP contribution in [0, 0.1) is 0 Å². The summed E-state index contributed by atoms with van der Waals surface area (Å²) >= 11 is 0. The number of nitrogens with zero attached hydrogens (tertiary/aromatic N) is 3. The molecule has 5 heteroatoms. The first-order valence-electron chi connectivity index (χ1n) is 4.83. The second kappa shape index (κ2) is 6.50. The van der Waals surface area contributed by atoms with Crippen LogP contribution in [-0.4, -0.2) is 34.8 Å². The molecule has 0 saturated carbocycles. The van der Waals surface area contributed by atoms with Crippen LogP contribution in [0.15, 0.2) is 6.20 Å². The largest absolute Gasteiger partial charge is 0.379 e. The van der Waals surface area contributed by atoms with Gasteiger partial charge in [-0.2, -0.15) is 0 Å². The van der Waals surface area contributed by atoms with Crippen molar-refractivity contribution in [1.29, 1.82) is 0 Å². The topological polar surface area (TPSA) is 49.2 Å². The highest BCUT2D eigenvalue weighted by atomic mass is 16.5. The molecular formula is C9H17N3O2. The maximum Gasteiger partial charge on any atom is 0.108 e. The molecule has 5 nitrogen and oxygen atoms in total. The molecule has 0 N–H and O–H groups in total. The van der Waals surface area contributed by atoms with E-state index in [-0.39, 0.29) is 0 Å². The van der Waals surface area contributed by atoms with Crippen LogP contribution in [0.1, 0.15) is 19.0 Å². The highest BCUT2D eigenvalue weighted by Gasteiger charge is 1.97. The van der Waals surface area contributed by atoms with Crippen molar-refractivity contribution in [2.24, 2.45) is 7.05 Å². The molecule has 0 bridgehead atoms. The van der Waals surface area contributed by atoms with E-state index in [0.29, 0.717) is 19.8 Å². The zero-order valence-electron chi connectivity index (χ0n) is 8.77. The van der Waals surface area contributed by atoms with Crippen molar-refractivity contribution in [3.63, 3.8) is 0 Å². The second-order valence-corrected chi connectivity index (χ2v) is 3.05. The van der Waals surface area contributed by atoms with Crippen molar-refractivity contribution in [2.45, 2.75) is 20.0 Å². The van der Waals surface area contributed by atoms with Gasteiger partial charge in [0.1, 0.15) is 5.69 Å². The molecule has 0 aromatic carbocycles. The fourth-order valence-electron chi connectivity index (χ4n) is 1.00. The van der Waals surface area contributed by atoms with E-state index in [1.807, 2.05) is 13.2 Å². The normalized spacial score (nSPS) is 10.7. The molecule has 1 aromatic rings. The van der Waals surface area contributed by atoms with Gasteiger partial charge in [-0.15, -0.1) is 5.10 Å². The minimum atomic E-state index is 0.503. The van der Waals surface area contributed by atoms with Crippen molar-refractivity contribution >= 4 is 0 Å². The Morgan fingerprint density at radius 2 is 2.07 bits per heavy atom. The van der Waals surface area contributed by atoms with Gasteiger partial charge in [-0.25, -0.2) is 0 Å². The van der Waals surface area contributed by atoms with Crippen LogP contribution in [0.25, 0.3) is 0 Å². The molecule has 0 aliphatic rings. The maximum absolute atomic E-state index is 5.34. The molecule has 0 amide bonds. The summed E-state index contributed by atoms with van der Waals surface area (Å²) in [6.07, 6.45) is 2.89. The van der Waals surface area contributed by atoms with E-state index in [0.717, 1.165) is 18.7 Å². The molecule has 0 aliphatic heterocycles. The predicted molar refractivity (Wildman–Crippen MR) is 51.8 cm³/mol. The highest BCUT2D eigenvalue weighted by molar-refractivity contribution is 4.88. The molecule has 1 aromatic heterocycles. The van der Waals surface area contributed by atoms with Gasteiger partial charge in [0.2, 0.25) is 0 Å². The molecule has 0 fully saturated rings. The number of rotatable bonds is 7. The predicted octanol–water partition coefficient (Wildman–Crippen LogP) is 0.758. The molecule has 0 aliphatic carbocycles. The summed E-state index contributed by atoms with van der Waals surface area (Å²) in [4.78, 5) is 0. The van der Waals surface area contributed by atoms with Gasteiger partial charge in [-0.1, -0.05) is 12.1 Å². The molecule has 14 heavy (non-hydrogen) atoms. The van der Waals surface area contributed by atoms with Crippen LogP contribution in [0.4, 0.5) is 0 Å². The van der Waals surface area contributed by atoms with E-state index in [9.17, 15) is 0 Å². The minimum absolute atomic E-state index is 0.503. The zero-order chi connectivity index (χ0) is 10.2. The quantitative estimate of drug-likeness (QED) is 0.608. The Morgan fingerprint density at radius 1 is 1.29 bits per heavy atom. The SMILES string of the molecule is CCCOCCOCc1cn(C)nn1. The summed E-state index contributed by atoms with van der Waals surface area (Å²) in [6, 6.07) is 0. The van der Waals surface area contributed by atoms with Crippen LogP contribution in [0.2, 0.25) is 0 Å². The van der Waals surface area contributed by atoms with Crippen LogP contribution in [0.3, 0.4) is 0 Å². The lowest BCUT2D eigenvalue weighted by Crippen LogP contribution is -2.05. The van der Waals surface area contributed by atoms with Crippen molar-refractivity contribution in [2.75, 3.05) is 19.8 Å². The molecule has 0 radical (unpaired) electrons. The van der Waals surface area contributed by atoms with Gasteiger partial charge in [0.15, 0.2) is 0 Å². The van der Waals surface area contributed by atoms with Gasteiger partial charge in [0.25, 0.3) is 0 Å². The lowest BCUT2D eigenvalue weighted by atomic mass is 10.5. The van der Waals surface area contributed by atoms with E-state index in [1.54, 1.807) is 4.68 Å². The van der Waals surface area contributed by atoms with Gasteiger partial charge in [-0.3, -0.25) is 4.68 Å². The van der Waals surface area contributed by atoms with Gasteiger partial charge in [0.05, 0.1) is 26.0 Å². The second-order valence-electron chi connectivity index (χ2n) is 3.05. The number of hydrogen-bond acceptors (Lipinski definition) is 4. The van der Waals surface area contributed by atoms with Crippen molar-refractivity contribution < 1.29 is 9.47 Å². The Hall–Kier alpha value is -0.940. The summed E-state index contributed by atoms with van der Waals surface area (Å²) in [6.45, 7) is 4.64. The summed E-state index contributed by atoms with van der Waals surface area (Å²) in [5.41, 5.74) is 0.850. The molecule has 0 spiro atoms. The summed E-state index contributed by atoms with van der Waals surface area (Å²) in [5, 5.41) is 7.70. The first-order chi connectivity index (χ1) is 6.83. The van der Waals surface area contributed by atoms with Gasteiger partial charge in [-0.05, 0) is 6.42 Å². The Morgan fingerprint density at radius 3 is 2.71 bits per heavy atom. The summed E-state index contributed by atoms with van der Waals surface area (Å²) in [7, 11) is 1.83. The first kappa shape index (κ1) is 11.1. The monoisotopic (exact) mass is 199 g/mol. The third-order valence-corrected chi connectivity index (χ3v) is 1.62. The number of hydrogen-bond donors (Lipinski definition) is 0. The summed E-state index contributed by atoms with van der Waals surface area (Å²) < 4.78 is 12.3. The lowest BCUT2D eigenvalue weighted by Gasteiger charge is -2.02. The molecule has 1 rings (SSSR count). The highest BCUT2D eigenvalue weighted by Crippen LogP contribution is 1.94. The third kappa shape index (κ3) is 4.34. The van der Waals surface area contributed by atoms with E-state index >= 15 is 0 Å². The molecular weight excluding hydrogens is 182 g/mol. The van der Waals surface area contributed by atoms with Crippen LogP contribution < -0.4 is 0 Å². The minimum Gasteiger partial charge on any atom is -0.379 e. The Balaban J connectivity index is 1.99. The molecule has 80 valence electrons. The van der Waals surface area contributed by atoms with Crippen LogP contribution in [0.5, 0.6) is 0 Å². The fraction of sp³-hybridized carbons (Fsp3) is 0.778. The average molecular weight is 199 g/mol. The van der Waals surface area contributed by atoms with E-state index in [2.05, 4.69) is 17.2 Å². The van der Waals surface area contributed by atoms with E-state index in [1.165, 1.54) is 0 Å². The summed E-state index contributed by atoms with van der Waals surface area (Å²) in [5.74, 6) is 0. The number of ether oxygens (including phenoxy) is 2. The fourth-order valence-corrected chi connectivity index (χ4v) is 1.00. The Kier molecular flexibility index (Phi) is 5.17. The van der Waals surface area contributed by atoms with Crippen LogP contribution in [-0.2, 0) is 23.1 Å². The Labute approximate surface area is 84.0 Å². The first-order valence-corrected chi connectivity index (χ1v) is 4.83. The van der Waals surface area contributed by atoms with E-state index in [4.69, 9.17) is 9.47 Å². The van der Waals surface area contributed by atoms with Crippen molar-refractivity contribution in [3.05, 3.63) is 11.9 Å². The number of aromatic nitrogens is 3. The van der Waals surface area contributed by atoms with Gasteiger partial charge >= 0.3 is 0 Å². The third-order valence-electron chi connectivity index (χ3n) is 1.62. The standard InChI is InChI=1S/C9H17N3O2/c1-3-4-13-5-6-14-8-9-7-12(2)11-10-9/h7H,3-6,8H2,1-2H3.